The smallest absolute Gasteiger partial charge is 0.148 e. The summed E-state index contributed by atoms with van der Waals surface area (Å²) in [7, 11) is 0. The molecule has 1 atom stereocenters. The van der Waals surface area contributed by atoms with Gasteiger partial charge in [0.25, 0.3) is 0 Å². The van der Waals surface area contributed by atoms with Crippen LogP contribution in [0.3, 0.4) is 0 Å². The van der Waals surface area contributed by atoms with Crippen molar-refractivity contribution in [3.63, 3.8) is 0 Å². The fourth-order valence-electron chi connectivity index (χ4n) is 0.918. The zero-order valence-corrected chi connectivity index (χ0v) is 6.51. The third-order valence-electron chi connectivity index (χ3n) is 1.57. The Hall–Kier alpha value is -1.43. The lowest BCUT2D eigenvalue weighted by Gasteiger charge is -2.05. The maximum atomic E-state index is 12.9. The fraction of sp³-hybridized carbons (Fsp3) is 0.222. The van der Waals surface area contributed by atoms with Gasteiger partial charge in [0.1, 0.15) is 11.6 Å². The van der Waals surface area contributed by atoms with Crippen LogP contribution in [0.4, 0.5) is 8.78 Å². The van der Waals surface area contributed by atoms with E-state index in [-0.39, 0.29) is 5.56 Å². The van der Waals surface area contributed by atoms with Crippen molar-refractivity contribution in [3.8, 4) is 12.3 Å². The molecule has 62 valence electrons. The first-order valence-electron chi connectivity index (χ1n) is 3.42. The van der Waals surface area contributed by atoms with Crippen molar-refractivity contribution in [1.82, 2.24) is 4.98 Å². The largest absolute Gasteiger partial charge is 0.259 e. The molecule has 1 rings (SSSR count). The molecule has 12 heavy (non-hydrogen) atoms. The standard InChI is InChI=1S/C9H7F2N/c1-3-6(2)9-7(10)4-12-5-8(9)11/h1,4-6H,2H3. The van der Waals surface area contributed by atoms with Crippen LogP contribution in [0.25, 0.3) is 0 Å². The zero-order chi connectivity index (χ0) is 9.14. The van der Waals surface area contributed by atoms with Crippen molar-refractivity contribution >= 4 is 0 Å². The van der Waals surface area contributed by atoms with Gasteiger partial charge >= 0.3 is 0 Å². The Morgan fingerprint density at radius 3 is 2.33 bits per heavy atom. The van der Waals surface area contributed by atoms with Crippen LogP contribution in [0.5, 0.6) is 0 Å². The van der Waals surface area contributed by atoms with E-state index in [1.165, 1.54) is 0 Å². The summed E-state index contributed by atoms with van der Waals surface area (Å²) in [5.74, 6) is 0.305. The van der Waals surface area contributed by atoms with E-state index in [0.717, 1.165) is 12.4 Å². The maximum absolute atomic E-state index is 12.9. The molecule has 0 fully saturated rings. The zero-order valence-electron chi connectivity index (χ0n) is 6.51. The average molecular weight is 167 g/mol. The summed E-state index contributed by atoms with van der Waals surface area (Å²) >= 11 is 0. The third kappa shape index (κ3) is 1.42. The molecule has 1 aromatic heterocycles. The summed E-state index contributed by atoms with van der Waals surface area (Å²) < 4.78 is 25.8. The van der Waals surface area contributed by atoms with Gasteiger partial charge in [0.15, 0.2) is 0 Å². The van der Waals surface area contributed by atoms with Crippen molar-refractivity contribution in [1.29, 1.82) is 0 Å². The fourth-order valence-corrected chi connectivity index (χ4v) is 0.918. The first kappa shape index (κ1) is 8.66. The van der Waals surface area contributed by atoms with E-state index < -0.39 is 17.6 Å². The van der Waals surface area contributed by atoms with Gasteiger partial charge in [-0.2, -0.15) is 0 Å². The molecular formula is C9H7F2N. The Morgan fingerprint density at radius 2 is 1.92 bits per heavy atom. The second-order valence-electron chi connectivity index (χ2n) is 2.41. The third-order valence-corrected chi connectivity index (χ3v) is 1.57. The molecule has 1 unspecified atom stereocenters. The highest BCUT2D eigenvalue weighted by molar-refractivity contribution is 5.26. The molecule has 0 saturated heterocycles. The number of hydrogen-bond donors (Lipinski definition) is 0. The van der Waals surface area contributed by atoms with E-state index in [4.69, 9.17) is 6.42 Å². The Balaban J connectivity index is 3.23. The highest BCUT2D eigenvalue weighted by Crippen LogP contribution is 2.19. The van der Waals surface area contributed by atoms with E-state index in [0.29, 0.717) is 0 Å². The Bertz CT molecular complexity index is 308. The molecule has 0 saturated carbocycles. The summed E-state index contributed by atoms with van der Waals surface area (Å²) in [6.45, 7) is 1.56. The molecular weight excluding hydrogens is 160 g/mol. The van der Waals surface area contributed by atoms with Crippen LogP contribution < -0.4 is 0 Å². The van der Waals surface area contributed by atoms with Crippen LogP contribution >= 0.6 is 0 Å². The maximum Gasteiger partial charge on any atom is 0.148 e. The van der Waals surface area contributed by atoms with Gasteiger partial charge in [0.05, 0.1) is 12.4 Å². The molecule has 0 bridgehead atoms. The first-order valence-corrected chi connectivity index (χ1v) is 3.42. The Morgan fingerprint density at radius 1 is 1.42 bits per heavy atom. The van der Waals surface area contributed by atoms with Gasteiger partial charge in [-0.1, -0.05) is 5.92 Å². The highest BCUT2D eigenvalue weighted by Gasteiger charge is 2.13. The van der Waals surface area contributed by atoms with E-state index in [2.05, 4.69) is 10.9 Å². The second-order valence-corrected chi connectivity index (χ2v) is 2.41. The molecule has 0 spiro atoms. The van der Waals surface area contributed by atoms with E-state index >= 15 is 0 Å². The van der Waals surface area contributed by atoms with E-state index in [9.17, 15) is 8.78 Å². The number of rotatable bonds is 1. The van der Waals surface area contributed by atoms with Crippen LogP contribution in [0.2, 0.25) is 0 Å². The normalized spacial score (nSPS) is 12.2. The van der Waals surface area contributed by atoms with Crippen molar-refractivity contribution in [2.45, 2.75) is 12.8 Å². The molecule has 0 radical (unpaired) electrons. The van der Waals surface area contributed by atoms with Crippen molar-refractivity contribution in [3.05, 3.63) is 29.6 Å². The number of pyridine rings is 1. The first-order chi connectivity index (χ1) is 5.66. The van der Waals surface area contributed by atoms with Crippen LogP contribution in [0.15, 0.2) is 12.4 Å². The number of terminal acetylenes is 1. The van der Waals surface area contributed by atoms with Crippen LogP contribution in [-0.4, -0.2) is 4.98 Å². The molecule has 0 aliphatic carbocycles. The van der Waals surface area contributed by atoms with E-state index in [1.807, 2.05) is 0 Å². The Labute approximate surface area is 69.4 Å². The number of hydrogen-bond acceptors (Lipinski definition) is 1. The summed E-state index contributed by atoms with van der Waals surface area (Å²) in [6, 6.07) is 0. The van der Waals surface area contributed by atoms with Gasteiger partial charge in [-0.25, -0.2) is 8.78 Å². The summed E-state index contributed by atoms with van der Waals surface area (Å²) in [5, 5.41) is 0. The topological polar surface area (TPSA) is 12.9 Å². The lowest BCUT2D eigenvalue weighted by Crippen LogP contribution is -1.99. The number of halogens is 2. The molecule has 0 N–H and O–H groups in total. The lowest BCUT2D eigenvalue weighted by atomic mass is 10.0. The quantitative estimate of drug-likeness (QED) is 0.583. The molecule has 0 amide bonds. The molecule has 0 aliphatic heterocycles. The monoisotopic (exact) mass is 167 g/mol. The van der Waals surface area contributed by atoms with Crippen molar-refractivity contribution < 1.29 is 8.78 Å². The SMILES string of the molecule is C#CC(C)c1c(F)cncc1F. The number of nitrogens with zero attached hydrogens (tertiary/aromatic N) is 1. The summed E-state index contributed by atoms with van der Waals surface area (Å²) in [6.07, 6.45) is 6.94. The summed E-state index contributed by atoms with van der Waals surface area (Å²) in [5.41, 5.74) is -0.0903. The summed E-state index contributed by atoms with van der Waals surface area (Å²) in [4.78, 5) is 3.34. The van der Waals surface area contributed by atoms with Crippen LogP contribution in [0, 0.1) is 24.0 Å². The molecule has 0 aromatic carbocycles. The Kier molecular flexibility index (Phi) is 2.39. The predicted octanol–water partition coefficient (Wildman–Crippen LogP) is 2.10. The predicted molar refractivity (Wildman–Crippen MR) is 41.4 cm³/mol. The number of aromatic nitrogens is 1. The molecule has 1 heterocycles. The van der Waals surface area contributed by atoms with Crippen molar-refractivity contribution in [2.24, 2.45) is 0 Å². The second kappa shape index (κ2) is 3.31. The van der Waals surface area contributed by atoms with Gasteiger partial charge in [-0.05, 0) is 6.92 Å². The van der Waals surface area contributed by atoms with E-state index in [1.54, 1.807) is 6.92 Å². The average Bonchev–Trinajstić information content (AvgIpc) is 2.03. The highest BCUT2D eigenvalue weighted by atomic mass is 19.1. The van der Waals surface area contributed by atoms with Gasteiger partial charge in [-0.15, -0.1) is 6.42 Å². The lowest BCUT2D eigenvalue weighted by molar-refractivity contribution is 0.542. The molecule has 3 heteroatoms. The van der Waals surface area contributed by atoms with Crippen LogP contribution in [-0.2, 0) is 0 Å². The molecule has 1 nitrogen and oxygen atoms in total. The molecule has 0 aliphatic rings. The van der Waals surface area contributed by atoms with Gasteiger partial charge in [-0.3, -0.25) is 4.98 Å². The van der Waals surface area contributed by atoms with Gasteiger partial charge in [0, 0.05) is 11.5 Å². The molecule has 1 aromatic rings. The minimum atomic E-state index is -0.694. The minimum Gasteiger partial charge on any atom is -0.259 e. The van der Waals surface area contributed by atoms with Gasteiger partial charge in [0.2, 0.25) is 0 Å². The minimum absolute atomic E-state index is 0.0903. The van der Waals surface area contributed by atoms with Crippen molar-refractivity contribution in [2.75, 3.05) is 0 Å². The van der Waals surface area contributed by atoms with Gasteiger partial charge < -0.3 is 0 Å². The van der Waals surface area contributed by atoms with Crippen LogP contribution in [0.1, 0.15) is 18.4 Å².